The molecule has 285 valence electrons. The molecule has 0 aliphatic rings. The van der Waals surface area contributed by atoms with E-state index in [9.17, 15) is 67.8 Å². The Morgan fingerprint density at radius 1 is 0.540 bits per heavy atom. The predicted molar refractivity (Wildman–Crippen MR) is 149 cm³/mol. The molecule has 50 heavy (non-hydrogen) atoms. The summed E-state index contributed by atoms with van der Waals surface area (Å²) in [6.45, 7) is 10.8. The molecule has 1 N–H and O–H groups in total. The van der Waals surface area contributed by atoms with E-state index in [4.69, 9.17) is 5.02 Å². The monoisotopic (exact) mass is 832 g/mol. The minimum atomic E-state index is -5.05. The molecule has 0 heterocycles. The van der Waals surface area contributed by atoms with Crippen molar-refractivity contribution in [3.63, 3.8) is 0 Å². The van der Waals surface area contributed by atoms with E-state index in [-0.39, 0.29) is 55.9 Å². The minimum absolute atomic E-state index is 0. The normalized spacial score (nSPS) is 11.8. The van der Waals surface area contributed by atoms with E-state index in [1.165, 1.54) is 58.2 Å². The van der Waals surface area contributed by atoms with Crippen LogP contribution in [0.2, 0.25) is 0 Å². The van der Waals surface area contributed by atoms with Crippen molar-refractivity contribution in [2.45, 2.75) is 84.0 Å². The Kier molecular flexibility index (Phi) is 22.6. The number of alkyl halides is 12. The van der Waals surface area contributed by atoms with Crippen LogP contribution in [0.25, 0.3) is 0 Å². The molecule has 2 rings (SSSR count). The first-order valence-electron chi connectivity index (χ1n) is 14.6. The molecule has 0 saturated carbocycles. The molecule has 22 heteroatoms. The zero-order valence-electron chi connectivity index (χ0n) is 26.8. The van der Waals surface area contributed by atoms with Gasteiger partial charge in [0.2, 0.25) is 0 Å². The quantitative estimate of drug-likeness (QED) is 0.197. The first-order valence-corrected chi connectivity index (χ1v) is 14.6. The molecular weight excluding hydrogens is 797 g/mol. The average molecular weight is 831 g/mol. The van der Waals surface area contributed by atoms with Crippen LogP contribution in [0.3, 0.4) is 0 Å². The minimum Gasteiger partial charge on any atom is -0.860 e. The van der Waals surface area contributed by atoms with Crippen LogP contribution in [0, 0.1) is 0 Å². The molecule has 0 unspecified atom stereocenters. The van der Waals surface area contributed by atoms with Crippen molar-refractivity contribution < 1.29 is 102 Å². The molecule has 0 aromatic heterocycles. The number of halogens is 12. The van der Waals surface area contributed by atoms with Gasteiger partial charge >= 0.3 is 51.5 Å². The van der Waals surface area contributed by atoms with Crippen molar-refractivity contribution in [3.8, 4) is 11.5 Å². The summed E-state index contributed by atoms with van der Waals surface area (Å²) in [5.74, 6) is -2.09. The van der Waals surface area contributed by atoms with Gasteiger partial charge in [0, 0.05) is 0 Å². The number of hydrogen-bond donors (Lipinski definition) is 1. The summed E-state index contributed by atoms with van der Waals surface area (Å²) in [7, 11) is -5.79. The summed E-state index contributed by atoms with van der Waals surface area (Å²) < 4.78 is 155. The van der Waals surface area contributed by atoms with Gasteiger partial charge in [-0.3, -0.25) is 0 Å². The first-order chi connectivity index (χ1) is 22.3. The molecule has 0 saturated heterocycles. The number of benzene rings is 2. The van der Waals surface area contributed by atoms with Gasteiger partial charge in [0.05, 0.1) is 28.0 Å². The van der Waals surface area contributed by atoms with Crippen molar-refractivity contribution >= 4 is 14.6 Å². The summed E-state index contributed by atoms with van der Waals surface area (Å²) in [6, 6.07) is 0.421. The number of nitrogens with zero attached hydrogens (tertiary/aromatic N) is 1. The van der Waals surface area contributed by atoms with Gasteiger partial charge < -0.3 is 34.3 Å². The summed E-state index contributed by atoms with van der Waals surface area (Å²) >= 11 is 0. The summed E-state index contributed by atoms with van der Waals surface area (Å²) in [5.41, 5.74) is -6.58. The first kappa shape index (κ1) is 49.9. The maximum absolute atomic E-state index is 12.3. The third kappa shape index (κ3) is 21.2. The van der Waals surface area contributed by atoms with Crippen LogP contribution in [0.15, 0.2) is 36.4 Å². The molecule has 0 fully saturated rings. The maximum atomic E-state index is 12.3. The number of hydrogen-bond acceptors (Lipinski definition) is 7. The Balaban J connectivity index is 0. The van der Waals surface area contributed by atoms with Gasteiger partial charge in [0.1, 0.15) is 13.1 Å². The molecule has 0 aliphatic carbocycles. The van der Waals surface area contributed by atoms with Crippen molar-refractivity contribution in [1.29, 1.82) is 0 Å². The Morgan fingerprint density at radius 2 is 0.800 bits per heavy atom. The maximum Gasteiger partial charge on any atom is 3.00 e. The standard InChI is InChI=1S/C12H27N.C8H4BF6O3.C8H3BF6O3.Ru/c1-4-7-10-13(11-8-5-2)12-9-6-3;2*10-7(11,12)4-1-5(8(13,14)15)3-6(2-4)18-9(16)17;/h4-12H2,1-3H3;1-3,16H;1-3H;/q;-1;-2;+3. The van der Waals surface area contributed by atoms with E-state index in [1.807, 2.05) is 0 Å². The Bertz CT molecular complexity index is 1070. The van der Waals surface area contributed by atoms with E-state index in [0.29, 0.717) is 0 Å². The van der Waals surface area contributed by atoms with Gasteiger partial charge in [0.15, 0.2) is 0 Å². The molecular formula is C28H34B2F12NO6Ru. The molecule has 2 aromatic carbocycles. The third-order valence-corrected chi connectivity index (χ3v) is 6.08. The molecule has 0 bridgehead atoms. The van der Waals surface area contributed by atoms with E-state index >= 15 is 0 Å². The summed E-state index contributed by atoms with van der Waals surface area (Å²) in [4.78, 5) is 2.64. The summed E-state index contributed by atoms with van der Waals surface area (Å²) in [5, 5.41) is 38.6. The van der Waals surface area contributed by atoms with Crippen LogP contribution >= 0.6 is 0 Å². The number of rotatable bonds is 13. The summed E-state index contributed by atoms with van der Waals surface area (Å²) in [6.07, 6.45) is -12.1. The Labute approximate surface area is 294 Å². The molecule has 2 aromatic rings. The van der Waals surface area contributed by atoms with Gasteiger partial charge in [-0.15, -0.1) is 0 Å². The molecule has 7 nitrogen and oxygen atoms in total. The van der Waals surface area contributed by atoms with Crippen LogP contribution < -0.4 is 24.4 Å². The topological polar surface area (TPSA) is 111 Å². The second-order valence-corrected chi connectivity index (χ2v) is 10.2. The second-order valence-electron chi connectivity index (χ2n) is 10.2. The van der Waals surface area contributed by atoms with E-state index in [2.05, 4.69) is 35.0 Å². The van der Waals surface area contributed by atoms with E-state index in [0.717, 1.165) is 0 Å². The van der Waals surface area contributed by atoms with Crippen LogP contribution in [-0.4, -0.2) is 44.2 Å². The number of unbranched alkanes of at least 4 members (excludes halogenated alkanes) is 3. The fraction of sp³-hybridized carbons (Fsp3) is 0.571. The molecule has 0 spiro atoms. The Morgan fingerprint density at radius 3 is 1.00 bits per heavy atom. The molecule has 1 radical (unpaired) electrons. The molecule has 0 aliphatic heterocycles. The van der Waals surface area contributed by atoms with Crippen molar-refractivity contribution in [3.05, 3.63) is 58.7 Å². The van der Waals surface area contributed by atoms with Crippen LogP contribution in [-0.2, 0) is 44.2 Å². The van der Waals surface area contributed by atoms with E-state index < -0.39 is 73.1 Å². The average Bonchev–Trinajstić information content (AvgIpc) is 2.94. The van der Waals surface area contributed by atoms with Gasteiger partial charge in [-0.05, 0) is 75.3 Å². The zero-order chi connectivity index (χ0) is 38.2. The zero-order valence-corrected chi connectivity index (χ0v) is 28.5. The molecule has 0 amide bonds. The Hall–Kier alpha value is -2.25. The van der Waals surface area contributed by atoms with Crippen molar-refractivity contribution in [2.75, 3.05) is 19.6 Å². The fourth-order valence-electron chi connectivity index (χ4n) is 3.70. The third-order valence-electron chi connectivity index (χ3n) is 6.08. The smallest absolute Gasteiger partial charge is 0.860 e. The van der Waals surface area contributed by atoms with Crippen LogP contribution in [0.4, 0.5) is 52.7 Å². The van der Waals surface area contributed by atoms with Crippen molar-refractivity contribution in [2.24, 2.45) is 0 Å². The van der Waals surface area contributed by atoms with Crippen LogP contribution in [0.5, 0.6) is 11.5 Å². The van der Waals surface area contributed by atoms with Crippen molar-refractivity contribution in [1.82, 2.24) is 4.90 Å². The fourth-order valence-corrected chi connectivity index (χ4v) is 3.70. The van der Waals surface area contributed by atoms with Gasteiger partial charge in [-0.2, -0.15) is 52.7 Å². The SMILES string of the molecule is CCCCN(CCCC)CCCC.[O-]B(O)Oc1cc(C(F)(F)F)cc(C(F)(F)F)c1.[O-]B([O-])Oc1cc(C(F)(F)F)cc(C(F)(F)F)c1.[Ru+3]. The van der Waals surface area contributed by atoms with Gasteiger partial charge in [-0.1, -0.05) is 40.0 Å². The van der Waals surface area contributed by atoms with E-state index in [1.54, 1.807) is 0 Å². The van der Waals surface area contributed by atoms with Crippen LogP contribution in [0.1, 0.15) is 81.5 Å². The second kappa shape index (κ2) is 22.6. The predicted octanol–water partition coefficient (Wildman–Crippen LogP) is 5.94. The largest absolute Gasteiger partial charge is 3.00 e. The molecule has 0 atom stereocenters. The van der Waals surface area contributed by atoms with Gasteiger partial charge in [-0.25, -0.2) is 0 Å². The van der Waals surface area contributed by atoms with Gasteiger partial charge in [0.25, 0.3) is 0 Å².